The van der Waals surface area contributed by atoms with Crippen molar-refractivity contribution < 1.29 is 5.48 Å². The van der Waals surface area contributed by atoms with Crippen molar-refractivity contribution in [2.24, 2.45) is 0 Å². The Hall–Kier alpha value is -0.0800. The first-order valence-corrected chi connectivity index (χ1v) is 3.82. The highest BCUT2D eigenvalue weighted by atomic mass is 15.5. The zero-order valence-corrected chi connectivity index (χ0v) is 6.65. The summed E-state index contributed by atoms with van der Waals surface area (Å²) in [6.07, 6.45) is 1.30. The minimum absolute atomic E-state index is 0.0572. The number of hydrazine groups is 1. The molecule has 0 aromatic rings. The molecule has 1 heterocycles. The van der Waals surface area contributed by atoms with Gasteiger partial charge in [-0.2, -0.15) is 0 Å². The molecule has 0 atom stereocenters. The lowest BCUT2D eigenvalue weighted by molar-refractivity contribution is 0.155. The van der Waals surface area contributed by atoms with Crippen LogP contribution in [-0.2, 0) is 0 Å². The number of nitrogens with zero attached hydrogens (tertiary/aromatic N) is 1. The Morgan fingerprint density at radius 2 is 2.20 bits per heavy atom. The Labute approximate surface area is 69.2 Å². The number of hydrogen-bond donors (Lipinski definition) is 1. The topological polar surface area (TPSA) is 15.3 Å². The first-order valence-electron chi connectivity index (χ1n) is 5.82. The molecule has 0 amide bonds. The van der Waals surface area contributed by atoms with Gasteiger partial charge < -0.3 is 0 Å². The lowest BCUT2D eigenvalue weighted by Gasteiger charge is -2.24. The summed E-state index contributed by atoms with van der Waals surface area (Å²) < 4.78 is 30.8. The maximum atomic E-state index is 7.79. The van der Waals surface area contributed by atoms with E-state index in [4.69, 9.17) is 5.48 Å². The fourth-order valence-electron chi connectivity index (χ4n) is 0.869. The molecule has 1 N–H and O–H groups in total. The van der Waals surface area contributed by atoms with Crippen LogP contribution in [0.25, 0.3) is 0 Å². The highest BCUT2D eigenvalue weighted by Crippen LogP contribution is 2.04. The summed E-state index contributed by atoms with van der Waals surface area (Å²) in [7, 11) is 0. The van der Waals surface area contributed by atoms with Crippen LogP contribution in [0.3, 0.4) is 0 Å². The average Bonchev–Trinajstić information content (AvgIpc) is 2.07. The molecule has 1 aliphatic heterocycles. The summed E-state index contributed by atoms with van der Waals surface area (Å²) in [6.45, 7) is 0.755. The van der Waals surface area contributed by atoms with Crippen molar-refractivity contribution in [3.63, 3.8) is 0 Å². The highest BCUT2D eigenvalue weighted by molar-refractivity contribution is 4.62. The second-order valence-corrected chi connectivity index (χ2v) is 2.76. The quantitative estimate of drug-likeness (QED) is 0.601. The minimum Gasteiger partial charge on any atom is -0.255 e. The number of rotatable bonds is 1. The Morgan fingerprint density at radius 3 is 2.90 bits per heavy atom. The second-order valence-electron chi connectivity index (χ2n) is 2.76. The normalized spacial score (nSPS) is 39.1. The molecule has 0 aromatic heterocycles. The van der Waals surface area contributed by atoms with Crippen LogP contribution in [0, 0.1) is 0 Å². The predicted molar refractivity (Wildman–Crippen MR) is 43.7 cm³/mol. The largest absolute Gasteiger partial charge is 0.255 e. The summed E-state index contributed by atoms with van der Waals surface area (Å²) >= 11 is 0. The van der Waals surface area contributed by atoms with Crippen molar-refractivity contribution in [1.29, 1.82) is 0 Å². The van der Waals surface area contributed by atoms with Crippen molar-refractivity contribution in [3.05, 3.63) is 0 Å². The third-order valence-electron chi connectivity index (χ3n) is 1.48. The van der Waals surface area contributed by atoms with E-state index in [-0.39, 0.29) is 6.04 Å². The van der Waals surface area contributed by atoms with E-state index in [1.54, 1.807) is 0 Å². The van der Waals surface area contributed by atoms with Crippen LogP contribution in [0.1, 0.15) is 38.6 Å². The molecule has 2 heteroatoms. The van der Waals surface area contributed by atoms with Crippen LogP contribution in [0.2, 0.25) is 0 Å². The molecule has 10 heavy (non-hydrogen) atoms. The zero-order valence-electron chi connectivity index (χ0n) is 10.6. The molecule has 0 aromatic carbocycles. The van der Waals surface area contributed by atoms with E-state index in [2.05, 4.69) is 5.43 Å². The molecule has 2 nitrogen and oxygen atoms in total. The fourth-order valence-corrected chi connectivity index (χ4v) is 0.869. The maximum Gasteiger partial charge on any atom is 0.0446 e. The van der Waals surface area contributed by atoms with Gasteiger partial charge in [0.2, 0.25) is 0 Å². The molecule has 1 fully saturated rings. The van der Waals surface area contributed by atoms with Crippen LogP contribution >= 0.6 is 0 Å². The summed E-state index contributed by atoms with van der Waals surface area (Å²) in [5, 5.41) is 1.39. The average molecular weight is 146 g/mol. The third-order valence-corrected chi connectivity index (χ3v) is 1.48. The molecule has 1 aliphatic rings. The van der Waals surface area contributed by atoms with E-state index in [9.17, 15) is 0 Å². The van der Waals surface area contributed by atoms with Gasteiger partial charge in [0.15, 0.2) is 0 Å². The summed E-state index contributed by atoms with van der Waals surface area (Å²) in [5.74, 6) is 0. The summed E-state index contributed by atoms with van der Waals surface area (Å²) in [6, 6.07) is -0.0572. The van der Waals surface area contributed by atoms with Crippen LogP contribution in [-0.4, -0.2) is 24.0 Å². The number of nitrogens with one attached hydrogen (secondary N) is 1. The van der Waals surface area contributed by atoms with E-state index in [1.165, 1.54) is 5.01 Å². The van der Waals surface area contributed by atoms with Crippen LogP contribution in [0.15, 0.2) is 0 Å². The Bertz CT molecular complexity index is 206. The lowest BCUT2D eigenvalue weighted by Crippen LogP contribution is -2.42. The summed E-state index contributed by atoms with van der Waals surface area (Å²) in [5.41, 5.74) is 2.64. The van der Waals surface area contributed by atoms with Crippen molar-refractivity contribution in [3.8, 4) is 0 Å². The van der Waals surface area contributed by atoms with Crippen molar-refractivity contribution in [2.45, 2.75) is 39.2 Å². The molecule has 0 saturated carbocycles. The SMILES string of the molecule is [2H]C1([2H])CCCC([2H])([2H])N(C(C)C)N1. The van der Waals surface area contributed by atoms with Crippen LogP contribution in [0.4, 0.5) is 0 Å². The van der Waals surface area contributed by atoms with E-state index in [1.807, 2.05) is 13.8 Å². The summed E-state index contributed by atoms with van der Waals surface area (Å²) in [4.78, 5) is 0. The molecular formula is C8H18N2. The predicted octanol–water partition coefficient (Wildman–Crippen LogP) is 1.39. The maximum absolute atomic E-state index is 7.79. The second kappa shape index (κ2) is 3.94. The lowest BCUT2D eigenvalue weighted by atomic mass is 10.2. The zero-order chi connectivity index (χ0) is 11.0. The minimum atomic E-state index is -1.49. The molecule has 0 radical (unpaired) electrons. The van der Waals surface area contributed by atoms with E-state index >= 15 is 0 Å². The molecule has 0 spiro atoms. The van der Waals surface area contributed by atoms with Gasteiger partial charge >= 0.3 is 0 Å². The van der Waals surface area contributed by atoms with Gasteiger partial charge in [0.25, 0.3) is 0 Å². The van der Waals surface area contributed by atoms with Gasteiger partial charge in [-0.25, -0.2) is 5.01 Å². The molecular weight excluding hydrogens is 124 g/mol. The van der Waals surface area contributed by atoms with Crippen molar-refractivity contribution in [1.82, 2.24) is 10.4 Å². The third kappa shape index (κ3) is 2.27. The highest BCUT2D eigenvalue weighted by Gasteiger charge is 2.09. The molecule has 0 unspecified atom stereocenters. The fraction of sp³-hybridized carbons (Fsp3) is 1.00. The number of hydrogen-bond acceptors (Lipinski definition) is 2. The monoisotopic (exact) mass is 146 g/mol. The Morgan fingerprint density at radius 1 is 1.40 bits per heavy atom. The van der Waals surface area contributed by atoms with Gasteiger partial charge in [0.1, 0.15) is 0 Å². The van der Waals surface area contributed by atoms with Gasteiger partial charge in [-0.3, -0.25) is 5.43 Å². The van der Waals surface area contributed by atoms with E-state index in [0.29, 0.717) is 19.3 Å². The molecule has 0 bridgehead atoms. The first-order chi connectivity index (χ1) is 6.25. The Kier molecular flexibility index (Phi) is 1.60. The molecule has 0 aliphatic carbocycles. The van der Waals surface area contributed by atoms with Gasteiger partial charge in [-0.15, -0.1) is 0 Å². The van der Waals surface area contributed by atoms with Crippen LogP contribution in [0.5, 0.6) is 0 Å². The van der Waals surface area contributed by atoms with Gasteiger partial charge in [0, 0.05) is 24.5 Å². The molecule has 1 saturated heterocycles. The Balaban J connectivity index is 2.83. The van der Waals surface area contributed by atoms with Crippen molar-refractivity contribution >= 4 is 0 Å². The van der Waals surface area contributed by atoms with Gasteiger partial charge in [0.05, 0.1) is 0 Å². The smallest absolute Gasteiger partial charge is 0.0446 e. The van der Waals surface area contributed by atoms with Crippen LogP contribution < -0.4 is 5.43 Å². The van der Waals surface area contributed by atoms with E-state index in [0.717, 1.165) is 0 Å². The van der Waals surface area contributed by atoms with Gasteiger partial charge in [-0.05, 0) is 26.7 Å². The van der Waals surface area contributed by atoms with E-state index < -0.39 is 13.0 Å². The van der Waals surface area contributed by atoms with Crippen molar-refractivity contribution in [2.75, 3.05) is 13.0 Å². The molecule has 1 rings (SSSR count). The molecule has 60 valence electrons. The van der Waals surface area contributed by atoms with Gasteiger partial charge in [-0.1, -0.05) is 6.42 Å². The first kappa shape index (κ1) is 4.07. The standard InChI is InChI=1S/C8H18N2/c1-8(2)10-7-5-3-4-6-9-10/h8-9H,3-7H2,1-2H3/i6D2,7D2.